The zero-order valence-corrected chi connectivity index (χ0v) is 16.4. The average molecular weight is 413 g/mol. The Labute approximate surface area is 165 Å². The van der Waals surface area contributed by atoms with Crippen molar-refractivity contribution in [3.63, 3.8) is 0 Å². The number of nitrogens with zero attached hydrogens (tertiary/aromatic N) is 3. The summed E-state index contributed by atoms with van der Waals surface area (Å²) in [5.74, 6) is -0.242. The van der Waals surface area contributed by atoms with Crippen LogP contribution in [0.3, 0.4) is 0 Å². The number of hydrogen-bond acceptors (Lipinski definition) is 9. The van der Waals surface area contributed by atoms with Gasteiger partial charge >= 0.3 is 0 Å². The highest BCUT2D eigenvalue weighted by Crippen LogP contribution is 2.43. The summed E-state index contributed by atoms with van der Waals surface area (Å²) < 4.78 is 0. The number of thiophene rings is 2. The van der Waals surface area contributed by atoms with Crippen molar-refractivity contribution < 1.29 is 4.79 Å². The Kier molecular flexibility index (Phi) is 4.27. The Morgan fingerprint density at radius 2 is 2.11 bits per heavy atom. The molecule has 0 radical (unpaired) electrons. The van der Waals surface area contributed by atoms with E-state index in [1.54, 1.807) is 0 Å². The number of aromatic nitrogens is 2. The third-order valence-corrected chi connectivity index (χ3v) is 6.53. The van der Waals surface area contributed by atoms with Gasteiger partial charge in [0.05, 0.1) is 11.4 Å². The van der Waals surface area contributed by atoms with E-state index in [4.69, 9.17) is 11.5 Å². The van der Waals surface area contributed by atoms with Crippen LogP contribution in [0.25, 0.3) is 21.3 Å². The van der Waals surface area contributed by atoms with E-state index < -0.39 is 0 Å². The monoisotopic (exact) mass is 412 g/mol. The first-order valence-electron chi connectivity index (χ1n) is 7.67. The second-order valence-corrected chi connectivity index (χ2v) is 8.28. The molecule has 7 nitrogen and oxygen atoms in total. The number of nitrogen functional groups attached to an aromatic ring is 2. The molecule has 0 aliphatic rings. The molecule has 0 fully saturated rings. The minimum Gasteiger partial charge on any atom is -0.397 e. The van der Waals surface area contributed by atoms with Crippen molar-refractivity contribution in [1.82, 2.24) is 9.97 Å². The summed E-state index contributed by atoms with van der Waals surface area (Å²) in [6, 6.07) is 3.99. The van der Waals surface area contributed by atoms with Crippen LogP contribution in [-0.2, 0) is 0 Å². The van der Waals surface area contributed by atoms with Crippen LogP contribution >= 0.6 is 34.0 Å². The highest BCUT2D eigenvalue weighted by atomic mass is 32.1. The molecule has 4 aromatic heterocycles. The number of hydrogen-bond donors (Lipinski definition) is 3. The number of pyridine rings is 1. The van der Waals surface area contributed by atoms with Gasteiger partial charge in [-0.3, -0.25) is 10.1 Å². The molecule has 0 saturated heterocycles. The van der Waals surface area contributed by atoms with Gasteiger partial charge < -0.3 is 11.5 Å². The van der Waals surface area contributed by atoms with E-state index in [1.807, 2.05) is 29.1 Å². The fraction of sp³-hybridized carbons (Fsp3) is 0.0588. The summed E-state index contributed by atoms with van der Waals surface area (Å²) in [4.78, 5) is 22.1. The fourth-order valence-corrected chi connectivity index (χ4v) is 5.05. The Bertz CT molecular complexity index is 1220. The van der Waals surface area contributed by atoms with Crippen molar-refractivity contribution in [3.8, 4) is 17.2 Å². The lowest BCUT2D eigenvalue weighted by Gasteiger charge is -2.07. The SMILES string of the molecule is Cc1csc(NC(=O)c2sc3nc(N)c(C#N)c(-c4ccsc4)c3c2N)n1. The van der Waals surface area contributed by atoms with E-state index in [0.717, 1.165) is 22.6 Å². The van der Waals surface area contributed by atoms with E-state index in [0.29, 0.717) is 25.8 Å². The van der Waals surface area contributed by atoms with Crippen molar-refractivity contribution in [2.24, 2.45) is 0 Å². The fourth-order valence-electron chi connectivity index (χ4n) is 2.71. The largest absolute Gasteiger partial charge is 0.397 e. The molecule has 4 heterocycles. The van der Waals surface area contributed by atoms with Gasteiger partial charge in [0.1, 0.15) is 27.2 Å². The van der Waals surface area contributed by atoms with Crippen molar-refractivity contribution in [2.75, 3.05) is 16.8 Å². The normalized spacial score (nSPS) is 10.8. The molecule has 134 valence electrons. The molecule has 0 unspecified atom stereocenters. The quantitative estimate of drug-likeness (QED) is 0.465. The van der Waals surface area contributed by atoms with Crippen molar-refractivity contribution in [2.45, 2.75) is 6.92 Å². The standard InChI is InChI=1S/C17H12N6OS3/c1-7-5-26-17(21-7)23-15(24)13-12(19)11-10(8-2-3-25-6-8)9(4-18)14(20)22-16(11)27-13/h2-3,5-6H,19H2,1H3,(H2,20,22)(H,21,23,24). The van der Waals surface area contributed by atoms with Crippen LogP contribution in [-0.4, -0.2) is 15.9 Å². The summed E-state index contributed by atoms with van der Waals surface area (Å²) in [6.07, 6.45) is 0. The van der Waals surface area contributed by atoms with Gasteiger partial charge in [0, 0.05) is 16.3 Å². The summed E-state index contributed by atoms with van der Waals surface area (Å²) in [5, 5.41) is 19.1. The van der Waals surface area contributed by atoms with Crippen LogP contribution in [0.15, 0.2) is 22.2 Å². The van der Waals surface area contributed by atoms with E-state index in [2.05, 4.69) is 21.4 Å². The van der Waals surface area contributed by atoms with E-state index >= 15 is 0 Å². The van der Waals surface area contributed by atoms with Crippen LogP contribution in [0.1, 0.15) is 20.9 Å². The Balaban J connectivity index is 1.90. The predicted octanol–water partition coefficient (Wildman–Crippen LogP) is 4.08. The number of carbonyl (C=O) groups excluding carboxylic acids is 1. The number of aryl methyl sites for hydroxylation is 1. The lowest BCUT2D eigenvalue weighted by molar-refractivity contribution is 0.103. The van der Waals surface area contributed by atoms with E-state index in [9.17, 15) is 10.1 Å². The summed E-state index contributed by atoms with van der Waals surface area (Å²) in [7, 11) is 0. The molecular weight excluding hydrogens is 400 g/mol. The van der Waals surface area contributed by atoms with Crippen molar-refractivity contribution >= 4 is 66.8 Å². The van der Waals surface area contributed by atoms with Crippen LogP contribution < -0.4 is 16.8 Å². The molecule has 27 heavy (non-hydrogen) atoms. The number of thiazole rings is 1. The molecule has 0 saturated carbocycles. The number of nitriles is 1. The Hall–Kier alpha value is -3.00. The van der Waals surface area contributed by atoms with Crippen molar-refractivity contribution in [3.05, 3.63) is 38.3 Å². The number of anilines is 3. The van der Waals surface area contributed by atoms with Gasteiger partial charge in [-0.1, -0.05) is 0 Å². The van der Waals surface area contributed by atoms with Crippen LogP contribution in [0.5, 0.6) is 0 Å². The number of nitrogens with two attached hydrogens (primary N) is 2. The van der Waals surface area contributed by atoms with Gasteiger partial charge in [0.2, 0.25) is 0 Å². The summed E-state index contributed by atoms with van der Waals surface area (Å²) >= 11 is 3.98. The first kappa shape index (κ1) is 17.4. The van der Waals surface area contributed by atoms with Gasteiger partial charge in [-0.05, 0) is 29.3 Å². The highest BCUT2D eigenvalue weighted by molar-refractivity contribution is 7.21. The lowest BCUT2D eigenvalue weighted by Crippen LogP contribution is -2.11. The molecule has 0 aromatic carbocycles. The third-order valence-electron chi connectivity index (χ3n) is 3.87. The van der Waals surface area contributed by atoms with Crippen molar-refractivity contribution in [1.29, 1.82) is 5.26 Å². The molecule has 10 heteroatoms. The van der Waals surface area contributed by atoms with Gasteiger partial charge in [0.15, 0.2) is 5.13 Å². The first-order valence-corrected chi connectivity index (χ1v) is 10.3. The molecule has 0 bridgehead atoms. The predicted molar refractivity (Wildman–Crippen MR) is 111 cm³/mol. The molecule has 0 aliphatic carbocycles. The summed E-state index contributed by atoms with van der Waals surface area (Å²) in [5.41, 5.74) is 15.1. The molecular formula is C17H12N6OS3. The van der Waals surface area contributed by atoms with Crippen LogP contribution in [0.2, 0.25) is 0 Å². The van der Waals surface area contributed by atoms with Gasteiger partial charge in [0.25, 0.3) is 5.91 Å². The second-order valence-electron chi connectivity index (χ2n) is 5.64. The molecule has 0 aliphatic heterocycles. The zero-order valence-electron chi connectivity index (χ0n) is 13.9. The number of carbonyl (C=O) groups is 1. The minimum absolute atomic E-state index is 0.120. The molecule has 1 amide bonds. The number of nitrogens with one attached hydrogen (secondary N) is 1. The molecule has 4 aromatic rings. The van der Waals surface area contributed by atoms with Gasteiger partial charge in [-0.15, -0.1) is 22.7 Å². The maximum atomic E-state index is 12.7. The first-order chi connectivity index (χ1) is 13.0. The Morgan fingerprint density at radius 1 is 1.30 bits per heavy atom. The van der Waals surface area contributed by atoms with Gasteiger partial charge in [-0.25, -0.2) is 9.97 Å². The third kappa shape index (κ3) is 2.91. The molecule has 5 N–H and O–H groups in total. The van der Waals surface area contributed by atoms with Gasteiger partial charge in [-0.2, -0.15) is 16.6 Å². The average Bonchev–Trinajstić information content (AvgIpc) is 3.35. The van der Waals surface area contributed by atoms with Crippen LogP contribution in [0.4, 0.5) is 16.6 Å². The number of rotatable bonds is 3. The number of fused-ring (bicyclic) bond motifs is 1. The highest BCUT2D eigenvalue weighted by Gasteiger charge is 2.24. The smallest absolute Gasteiger partial charge is 0.269 e. The zero-order chi connectivity index (χ0) is 19.1. The van der Waals surface area contributed by atoms with Crippen LogP contribution in [0, 0.1) is 18.3 Å². The number of amides is 1. The lowest BCUT2D eigenvalue weighted by atomic mass is 9.99. The second kappa shape index (κ2) is 6.62. The van der Waals surface area contributed by atoms with E-state index in [-0.39, 0.29) is 23.0 Å². The topological polar surface area (TPSA) is 131 Å². The van der Waals surface area contributed by atoms with E-state index in [1.165, 1.54) is 22.7 Å². The molecule has 0 spiro atoms. The Morgan fingerprint density at radius 3 is 2.74 bits per heavy atom. The summed E-state index contributed by atoms with van der Waals surface area (Å²) in [6.45, 7) is 1.85. The maximum absolute atomic E-state index is 12.7. The molecule has 4 rings (SSSR count). The maximum Gasteiger partial charge on any atom is 0.269 e. The molecule has 0 atom stereocenters. The minimum atomic E-state index is -0.363.